The summed E-state index contributed by atoms with van der Waals surface area (Å²) in [6.07, 6.45) is 1.61. The number of ether oxygens (including phenoxy) is 2. The number of primary amides is 1. The van der Waals surface area contributed by atoms with Crippen LogP contribution in [0.2, 0.25) is 6.04 Å². The first kappa shape index (κ1) is 35.9. The van der Waals surface area contributed by atoms with E-state index in [4.69, 9.17) is 15.2 Å². The van der Waals surface area contributed by atoms with Crippen LogP contribution in [0.5, 0.6) is 0 Å². The van der Waals surface area contributed by atoms with Crippen LogP contribution in [0.3, 0.4) is 0 Å². The molecule has 3 unspecified atom stereocenters. The molecule has 13 nitrogen and oxygen atoms in total. The van der Waals surface area contributed by atoms with Gasteiger partial charge in [-0.1, -0.05) is 74.5 Å². The molecule has 0 radical (unpaired) electrons. The molecule has 5 rings (SSSR count). The Balaban J connectivity index is 1.51. The fraction of sp³-hybridized carbons (Fsp3) is 0.457. The highest BCUT2D eigenvalue weighted by Gasteiger charge is 2.63. The van der Waals surface area contributed by atoms with Gasteiger partial charge in [0.05, 0.1) is 24.8 Å². The Morgan fingerprint density at radius 2 is 1.65 bits per heavy atom. The van der Waals surface area contributed by atoms with Crippen LogP contribution in [0.15, 0.2) is 70.6 Å². The topological polar surface area (TPSA) is 207 Å². The number of aliphatic imine (C=N–C) groups is 2. The molecular weight excluding hydrogens is 648 g/mol. The second-order valence-electron chi connectivity index (χ2n) is 13.5. The number of hydrogen-bond acceptors (Lipinski definition) is 11. The van der Waals surface area contributed by atoms with Gasteiger partial charge in [0.25, 0.3) is 5.91 Å². The summed E-state index contributed by atoms with van der Waals surface area (Å²) in [5, 5.41) is 2.66. The number of alkyl carbamates (subject to hydrolysis) is 1. The number of ketones is 3. The lowest BCUT2D eigenvalue weighted by Crippen LogP contribution is -2.63. The van der Waals surface area contributed by atoms with Crippen LogP contribution >= 0.6 is 0 Å². The normalized spacial score (nSPS) is 27.1. The fourth-order valence-corrected chi connectivity index (χ4v) is 9.40. The number of benzene rings is 2. The lowest BCUT2D eigenvalue weighted by molar-refractivity contribution is -0.142. The van der Waals surface area contributed by atoms with Gasteiger partial charge in [0.1, 0.15) is 23.1 Å². The standard InChI is InChI=1S/C35H42N4O9Si/c1-22(2)16-35(30(41)26(18-38-35)29(40)32(36)43)27-19-37-34(31(27)42,17-24-11-7-4-8-12-24)21-49(45,46)28(15-23-9-5-3-6-10-23)39-33(44)48-25-13-14-47-20-25/h3-12,18-19,22,25-28,45-46H,13-17,20-21H2,1-2H3,(H2,36,43)(H,39,44)/t25?,26?,27?,28-,34+,35+/m1/s1. The number of Topliss-reactive ketones (excluding diaryl/α,β-unsaturated/α-hetero) is 3. The van der Waals surface area contributed by atoms with Crippen molar-refractivity contribution in [3.8, 4) is 0 Å². The second kappa shape index (κ2) is 14.6. The van der Waals surface area contributed by atoms with Gasteiger partial charge in [-0.15, -0.1) is 0 Å². The van der Waals surface area contributed by atoms with Crippen LogP contribution < -0.4 is 11.1 Å². The summed E-state index contributed by atoms with van der Waals surface area (Å²) in [6, 6.07) is 17.3. The molecule has 260 valence electrons. The van der Waals surface area contributed by atoms with Crippen LogP contribution in [0, 0.1) is 17.8 Å². The van der Waals surface area contributed by atoms with E-state index in [1.165, 1.54) is 6.21 Å². The molecule has 0 aliphatic carbocycles. The summed E-state index contributed by atoms with van der Waals surface area (Å²) in [7, 11) is -4.67. The molecule has 5 N–H and O–H groups in total. The Hall–Kier alpha value is -4.37. The number of carbonyl (C=O) groups excluding carboxylic acids is 5. The zero-order chi connectivity index (χ0) is 35.4. The summed E-state index contributed by atoms with van der Waals surface area (Å²) in [4.78, 5) is 99.3. The number of nitrogens with zero attached hydrogens (tertiary/aromatic N) is 2. The van der Waals surface area contributed by atoms with Gasteiger partial charge in [0, 0.05) is 31.3 Å². The van der Waals surface area contributed by atoms with E-state index in [0.717, 1.165) is 6.21 Å². The van der Waals surface area contributed by atoms with Crippen molar-refractivity contribution in [2.45, 2.75) is 68.4 Å². The summed E-state index contributed by atoms with van der Waals surface area (Å²) >= 11 is 0. The SMILES string of the molecule is CC(C)C[C@@]1(C2C=N[C@@](Cc3ccccc3)(C[Si](O)(O)[C@H](Cc3ccccc3)NC(=O)OC3CCOC3)C2=O)N=CC(C(=O)C(N)=O)C1=O. The van der Waals surface area contributed by atoms with Gasteiger partial charge in [-0.3, -0.25) is 29.2 Å². The van der Waals surface area contributed by atoms with E-state index in [1.54, 1.807) is 54.6 Å². The van der Waals surface area contributed by atoms with E-state index in [-0.39, 0.29) is 31.8 Å². The Bertz CT molecular complexity index is 1630. The highest BCUT2D eigenvalue weighted by Crippen LogP contribution is 2.44. The number of amides is 2. The number of nitrogens with one attached hydrogen (secondary N) is 1. The largest absolute Gasteiger partial charge is 0.444 e. The van der Waals surface area contributed by atoms with E-state index >= 15 is 0 Å². The molecule has 0 spiro atoms. The summed E-state index contributed by atoms with van der Waals surface area (Å²) in [5.74, 6) is -6.72. The van der Waals surface area contributed by atoms with Crippen molar-refractivity contribution in [1.82, 2.24) is 5.32 Å². The molecule has 3 aliphatic heterocycles. The van der Waals surface area contributed by atoms with Crippen LogP contribution in [0.1, 0.15) is 37.8 Å². The minimum atomic E-state index is -4.67. The zero-order valence-corrected chi connectivity index (χ0v) is 28.5. The molecular formula is C35H42N4O9Si. The highest BCUT2D eigenvalue weighted by atomic mass is 28.4. The van der Waals surface area contributed by atoms with Crippen molar-refractivity contribution in [3.05, 3.63) is 71.8 Å². The molecule has 14 heteroatoms. The molecule has 2 aromatic carbocycles. The van der Waals surface area contributed by atoms with E-state index in [9.17, 15) is 33.6 Å². The summed E-state index contributed by atoms with van der Waals surface area (Å²) < 4.78 is 10.8. The average Bonchev–Trinajstić information content (AvgIpc) is 3.76. The van der Waals surface area contributed by atoms with Gasteiger partial charge in [0.15, 0.2) is 11.6 Å². The first-order valence-corrected chi connectivity index (χ1v) is 18.5. The number of carbonyl (C=O) groups is 5. The monoisotopic (exact) mass is 690 g/mol. The minimum Gasteiger partial charge on any atom is -0.444 e. The molecule has 6 atom stereocenters. The van der Waals surface area contributed by atoms with Gasteiger partial charge in [-0.05, 0) is 29.9 Å². The Kier molecular flexibility index (Phi) is 10.7. The first-order valence-electron chi connectivity index (χ1n) is 16.4. The predicted molar refractivity (Wildman–Crippen MR) is 181 cm³/mol. The molecule has 2 amide bonds. The van der Waals surface area contributed by atoms with Crippen LogP contribution in [0.25, 0.3) is 0 Å². The third-order valence-electron chi connectivity index (χ3n) is 9.32. The van der Waals surface area contributed by atoms with Crippen molar-refractivity contribution in [2.24, 2.45) is 33.5 Å². The molecule has 1 fully saturated rings. The van der Waals surface area contributed by atoms with Gasteiger partial charge in [0.2, 0.25) is 5.78 Å². The molecule has 3 heterocycles. The van der Waals surface area contributed by atoms with Crippen LogP contribution in [-0.2, 0) is 41.5 Å². The molecule has 2 aromatic rings. The van der Waals surface area contributed by atoms with Crippen molar-refractivity contribution in [1.29, 1.82) is 0 Å². The van der Waals surface area contributed by atoms with Crippen LogP contribution in [-0.4, -0.2) is 96.0 Å². The van der Waals surface area contributed by atoms with E-state index < -0.39 is 78.6 Å². The number of nitrogens with two attached hydrogens (primary N) is 1. The smallest absolute Gasteiger partial charge is 0.407 e. The molecule has 0 bridgehead atoms. The second-order valence-corrected chi connectivity index (χ2v) is 16.3. The lowest BCUT2D eigenvalue weighted by Gasteiger charge is -2.37. The maximum Gasteiger partial charge on any atom is 0.407 e. The van der Waals surface area contributed by atoms with Gasteiger partial charge in [-0.25, -0.2) is 4.79 Å². The van der Waals surface area contributed by atoms with Crippen molar-refractivity contribution >= 4 is 50.3 Å². The van der Waals surface area contributed by atoms with E-state index in [0.29, 0.717) is 24.2 Å². The van der Waals surface area contributed by atoms with Gasteiger partial charge in [-0.2, -0.15) is 0 Å². The minimum absolute atomic E-state index is 0.0239. The van der Waals surface area contributed by atoms with Crippen molar-refractivity contribution < 1.29 is 43.0 Å². The first-order chi connectivity index (χ1) is 23.3. The van der Waals surface area contributed by atoms with Crippen molar-refractivity contribution in [3.63, 3.8) is 0 Å². The molecule has 3 aliphatic rings. The van der Waals surface area contributed by atoms with Gasteiger partial charge < -0.3 is 30.1 Å². The summed E-state index contributed by atoms with van der Waals surface area (Å²) in [6.45, 7) is 4.33. The Morgan fingerprint density at radius 3 is 2.24 bits per heavy atom. The molecule has 1 saturated heterocycles. The quantitative estimate of drug-likeness (QED) is 0.128. The molecule has 49 heavy (non-hydrogen) atoms. The summed E-state index contributed by atoms with van der Waals surface area (Å²) in [5.41, 5.74) is 1.84. The average molecular weight is 691 g/mol. The van der Waals surface area contributed by atoms with E-state index in [2.05, 4.69) is 15.3 Å². The lowest BCUT2D eigenvalue weighted by atomic mass is 9.70. The molecule has 0 aromatic heterocycles. The van der Waals surface area contributed by atoms with Gasteiger partial charge >= 0.3 is 14.7 Å². The predicted octanol–water partition coefficient (Wildman–Crippen LogP) is 1.44. The third-order valence-corrected chi connectivity index (χ3v) is 11.9. The number of hydrogen-bond donors (Lipinski definition) is 4. The molecule has 0 saturated carbocycles. The van der Waals surface area contributed by atoms with Crippen molar-refractivity contribution in [2.75, 3.05) is 13.2 Å². The highest BCUT2D eigenvalue weighted by molar-refractivity contribution is 6.67. The fourth-order valence-electron chi connectivity index (χ4n) is 6.99. The maximum absolute atomic E-state index is 14.8. The Labute approximate surface area is 285 Å². The maximum atomic E-state index is 14.8. The zero-order valence-electron chi connectivity index (χ0n) is 27.5. The van der Waals surface area contributed by atoms with Crippen LogP contribution in [0.4, 0.5) is 4.79 Å². The van der Waals surface area contributed by atoms with E-state index in [1.807, 2.05) is 19.9 Å². The Morgan fingerprint density at radius 1 is 1.00 bits per heavy atom. The third kappa shape index (κ3) is 7.77. The number of rotatable bonds is 14.